The van der Waals surface area contributed by atoms with E-state index in [1.807, 2.05) is 24.3 Å². The first-order valence-corrected chi connectivity index (χ1v) is 9.96. The van der Waals surface area contributed by atoms with Crippen molar-refractivity contribution in [3.8, 4) is 10.6 Å². The lowest BCUT2D eigenvalue weighted by molar-refractivity contribution is 0.444. The molecule has 0 saturated carbocycles. The molecule has 5 nitrogen and oxygen atoms in total. The molecule has 3 aromatic rings. The predicted octanol–water partition coefficient (Wildman–Crippen LogP) is 4.45. The summed E-state index contributed by atoms with van der Waals surface area (Å²) < 4.78 is 0. The van der Waals surface area contributed by atoms with Gasteiger partial charge in [0.2, 0.25) is 0 Å². The number of rotatable bonds is 5. The summed E-state index contributed by atoms with van der Waals surface area (Å²) in [6.07, 6.45) is 4.18. The monoisotopic (exact) mass is 365 g/mol. The number of nitrogens with zero attached hydrogens (tertiary/aromatic N) is 4. The third-order valence-electron chi connectivity index (χ3n) is 4.66. The van der Waals surface area contributed by atoms with Crippen LogP contribution < -0.4 is 10.2 Å². The standard InChI is InChI=1S/C20H23N5S/c1-15-6-5-9-25(12-15)19-10-18(22-14-23-19)21-11-17-13-26-20(24-17)16-7-3-2-4-8-16/h2-4,7-8,10,13-15H,5-6,9,11-12H2,1H3,(H,21,22,23). The summed E-state index contributed by atoms with van der Waals surface area (Å²) in [5.41, 5.74) is 2.19. The quantitative estimate of drug-likeness (QED) is 0.724. The first kappa shape index (κ1) is 17.0. The molecule has 1 aliphatic rings. The minimum atomic E-state index is 0.663. The fraction of sp³-hybridized carbons (Fsp3) is 0.350. The molecule has 1 aliphatic heterocycles. The van der Waals surface area contributed by atoms with Crippen LogP contribution in [0.15, 0.2) is 48.1 Å². The Balaban J connectivity index is 1.41. The SMILES string of the molecule is CC1CCCN(c2cc(NCc3csc(-c4ccccc4)n3)ncn2)C1. The highest BCUT2D eigenvalue weighted by molar-refractivity contribution is 7.13. The summed E-state index contributed by atoms with van der Waals surface area (Å²) in [6, 6.07) is 12.3. The van der Waals surface area contributed by atoms with E-state index in [2.05, 4.69) is 44.6 Å². The molecule has 134 valence electrons. The Kier molecular flexibility index (Phi) is 5.11. The van der Waals surface area contributed by atoms with Gasteiger partial charge in [0.05, 0.1) is 12.2 Å². The zero-order chi connectivity index (χ0) is 17.8. The molecular weight excluding hydrogens is 342 g/mol. The molecule has 0 radical (unpaired) electrons. The fourth-order valence-corrected chi connectivity index (χ4v) is 4.12. The maximum atomic E-state index is 4.72. The molecule has 0 amide bonds. The van der Waals surface area contributed by atoms with Gasteiger partial charge >= 0.3 is 0 Å². The lowest BCUT2D eigenvalue weighted by Crippen LogP contribution is -2.34. The first-order valence-electron chi connectivity index (χ1n) is 9.08. The highest BCUT2D eigenvalue weighted by Gasteiger charge is 2.17. The second kappa shape index (κ2) is 7.83. The average Bonchev–Trinajstić information content (AvgIpc) is 3.16. The Labute approximate surface area is 158 Å². The summed E-state index contributed by atoms with van der Waals surface area (Å²) in [6.45, 7) is 5.12. The van der Waals surface area contributed by atoms with Crippen molar-refractivity contribution >= 4 is 23.0 Å². The molecule has 1 N–H and O–H groups in total. The number of piperidine rings is 1. The molecule has 2 aromatic heterocycles. The molecule has 1 aromatic carbocycles. The number of nitrogens with one attached hydrogen (secondary N) is 1. The van der Waals surface area contributed by atoms with Crippen LogP contribution in [0.1, 0.15) is 25.5 Å². The summed E-state index contributed by atoms with van der Waals surface area (Å²) in [7, 11) is 0. The van der Waals surface area contributed by atoms with Gasteiger partial charge in [0.15, 0.2) is 0 Å². The fourth-order valence-electron chi connectivity index (χ4n) is 3.30. The molecule has 1 atom stereocenters. The van der Waals surface area contributed by atoms with E-state index in [-0.39, 0.29) is 0 Å². The minimum Gasteiger partial charge on any atom is -0.364 e. The second-order valence-electron chi connectivity index (χ2n) is 6.82. The van der Waals surface area contributed by atoms with Crippen LogP contribution in [0.2, 0.25) is 0 Å². The van der Waals surface area contributed by atoms with Crippen molar-refractivity contribution in [2.24, 2.45) is 5.92 Å². The first-order chi connectivity index (χ1) is 12.8. The van der Waals surface area contributed by atoms with Crippen LogP contribution in [0.3, 0.4) is 0 Å². The van der Waals surface area contributed by atoms with Crippen molar-refractivity contribution in [3.05, 3.63) is 53.8 Å². The van der Waals surface area contributed by atoms with Crippen LogP contribution >= 0.6 is 11.3 Å². The van der Waals surface area contributed by atoms with Gasteiger partial charge in [-0.25, -0.2) is 15.0 Å². The van der Waals surface area contributed by atoms with E-state index in [1.54, 1.807) is 17.7 Å². The number of hydrogen-bond acceptors (Lipinski definition) is 6. The Bertz CT molecular complexity index is 848. The molecule has 1 saturated heterocycles. The maximum absolute atomic E-state index is 4.72. The number of anilines is 2. The summed E-state index contributed by atoms with van der Waals surface area (Å²) in [4.78, 5) is 15.9. The minimum absolute atomic E-state index is 0.663. The molecule has 0 spiro atoms. The van der Waals surface area contributed by atoms with Gasteiger partial charge in [-0.3, -0.25) is 0 Å². The van der Waals surface area contributed by atoms with Crippen molar-refractivity contribution in [1.29, 1.82) is 0 Å². The van der Waals surface area contributed by atoms with E-state index in [4.69, 9.17) is 4.98 Å². The van der Waals surface area contributed by atoms with E-state index in [1.165, 1.54) is 12.8 Å². The van der Waals surface area contributed by atoms with Gasteiger partial charge in [-0.15, -0.1) is 11.3 Å². The highest BCUT2D eigenvalue weighted by Crippen LogP contribution is 2.25. The summed E-state index contributed by atoms with van der Waals surface area (Å²) in [5, 5.41) is 6.53. The molecule has 0 aliphatic carbocycles. The van der Waals surface area contributed by atoms with Crippen molar-refractivity contribution < 1.29 is 0 Å². The van der Waals surface area contributed by atoms with Gasteiger partial charge in [-0.2, -0.15) is 0 Å². The van der Waals surface area contributed by atoms with Gasteiger partial charge in [-0.05, 0) is 18.8 Å². The van der Waals surface area contributed by atoms with Crippen LogP contribution in [-0.2, 0) is 6.54 Å². The topological polar surface area (TPSA) is 53.9 Å². The van der Waals surface area contributed by atoms with Gasteiger partial charge in [0, 0.05) is 30.1 Å². The zero-order valence-corrected chi connectivity index (χ0v) is 15.7. The lowest BCUT2D eigenvalue weighted by Gasteiger charge is -2.31. The van der Waals surface area contributed by atoms with Crippen LogP contribution in [-0.4, -0.2) is 28.0 Å². The van der Waals surface area contributed by atoms with E-state index >= 15 is 0 Å². The van der Waals surface area contributed by atoms with Crippen LogP contribution in [0.4, 0.5) is 11.6 Å². The molecule has 1 unspecified atom stereocenters. The van der Waals surface area contributed by atoms with Gasteiger partial charge in [-0.1, -0.05) is 37.3 Å². The van der Waals surface area contributed by atoms with Crippen molar-refractivity contribution in [2.45, 2.75) is 26.3 Å². The van der Waals surface area contributed by atoms with Crippen molar-refractivity contribution in [3.63, 3.8) is 0 Å². The van der Waals surface area contributed by atoms with Crippen molar-refractivity contribution in [1.82, 2.24) is 15.0 Å². The zero-order valence-electron chi connectivity index (χ0n) is 14.9. The molecular formula is C20H23N5S. The molecule has 3 heterocycles. The Hall–Kier alpha value is -2.47. The second-order valence-corrected chi connectivity index (χ2v) is 7.68. The van der Waals surface area contributed by atoms with Crippen molar-refractivity contribution in [2.75, 3.05) is 23.3 Å². The molecule has 6 heteroatoms. The van der Waals surface area contributed by atoms with Gasteiger partial charge < -0.3 is 10.2 Å². The Morgan fingerprint density at radius 2 is 2.12 bits per heavy atom. The van der Waals surface area contributed by atoms with Crippen LogP contribution in [0.5, 0.6) is 0 Å². The number of aromatic nitrogens is 3. The molecule has 26 heavy (non-hydrogen) atoms. The largest absolute Gasteiger partial charge is 0.364 e. The third kappa shape index (κ3) is 4.02. The number of hydrogen-bond donors (Lipinski definition) is 1. The van der Waals surface area contributed by atoms with Crippen LogP contribution in [0, 0.1) is 5.92 Å². The smallest absolute Gasteiger partial charge is 0.134 e. The van der Waals surface area contributed by atoms with Crippen LogP contribution in [0.25, 0.3) is 10.6 Å². The van der Waals surface area contributed by atoms with E-state index in [0.29, 0.717) is 6.54 Å². The normalized spacial score (nSPS) is 17.3. The number of benzene rings is 1. The average molecular weight is 366 g/mol. The predicted molar refractivity (Wildman–Crippen MR) is 108 cm³/mol. The number of thiazole rings is 1. The Morgan fingerprint density at radius 3 is 2.96 bits per heavy atom. The Morgan fingerprint density at radius 1 is 1.23 bits per heavy atom. The maximum Gasteiger partial charge on any atom is 0.134 e. The van der Waals surface area contributed by atoms with Gasteiger partial charge in [0.1, 0.15) is 23.0 Å². The highest BCUT2D eigenvalue weighted by atomic mass is 32.1. The third-order valence-corrected chi connectivity index (χ3v) is 5.60. The molecule has 0 bridgehead atoms. The summed E-state index contributed by atoms with van der Waals surface area (Å²) >= 11 is 1.67. The molecule has 1 fully saturated rings. The summed E-state index contributed by atoms with van der Waals surface area (Å²) in [5.74, 6) is 2.58. The van der Waals surface area contributed by atoms with E-state index in [9.17, 15) is 0 Å². The van der Waals surface area contributed by atoms with E-state index < -0.39 is 0 Å². The molecule has 4 rings (SSSR count). The van der Waals surface area contributed by atoms with Gasteiger partial charge in [0.25, 0.3) is 0 Å². The lowest BCUT2D eigenvalue weighted by atomic mass is 10.0. The van der Waals surface area contributed by atoms with E-state index in [0.717, 1.165) is 46.9 Å².